The molecule has 38 heavy (non-hydrogen) atoms. The molecule has 5 rings (SSSR count). The van der Waals surface area contributed by atoms with Gasteiger partial charge < -0.3 is 20.3 Å². The van der Waals surface area contributed by atoms with E-state index in [1.807, 2.05) is 6.92 Å². The third kappa shape index (κ3) is 5.06. The number of nitrogens with one attached hydrogen (secondary N) is 2. The fourth-order valence-electron chi connectivity index (χ4n) is 6.15. The van der Waals surface area contributed by atoms with E-state index >= 15 is 4.39 Å². The predicted octanol–water partition coefficient (Wildman–Crippen LogP) is 4.26. The van der Waals surface area contributed by atoms with Gasteiger partial charge in [-0.1, -0.05) is 25.8 Å². The first-order valence-electron chi connectivity index (χ1n) is 13.8. The summed E-state index contributed by atoms with van der Waals surface area (Å²) in [5.41, 5.74) is 1.66. The molecule has 10 heteroatoms. The van der Waals surface area contributed by atoms with Gasteiger partial charge in [0.2, 0.25) is 5.91 Å². The molecule has 3 aromatic rings. The zero-order valence-electron chi connectivity index (χ0n) is 22.1. The van der Waals surface area contributed by atoms with Crippen molar-refractivity contribution in [2.75, 3.05) is 13.2 Å². The molecule has 0 radical (unpaired) electrons. The smallest absolute Gasteiger partial charge is 0.270 e. The number of aromatic amines is 1. The largest absolute Gasteiger partial charge is 0.387 e. The average molecular weight is 525 g/mol. The summed E-state index contributed by atoms with van der Waals surface area (Å²) in [6.07, 6.45) is 7.99. The number of likely N-dealkylation sites (tertiary alicyclic amines) is 1. The molecule has 2 amide bonds. The minimum Gasteiger partial charge on any atom is -0.387 e. The zero-order chi connectivity index (χ0) is 26.8. The van der Waals surface area contributed by atoms with Gasteiger partial charge in [0, 0.05) is 24.8 Å². The van der Waals surface area contributed by atoms with Crippen LogP contribution in [0.2, 0.25) is 0 Å². The Kier molecular flexibility index (Phi) is 7.78. The maximum Gasteiger partial charge on any atom is 0.270 e. The maximum absolute atomic E-state index is 16.0. The lowest BCUT2D eigenvalue weighted by Gasteiger charge is -2.35. The average Bonchev–Trinajstić information content (AvgIpc) is 3.60. The number of carbonyl (C=O) groups excluding carboxylic acids is 2. The van der Waals surface area contributed by atoms with E-state index in [1.54, 1.807) is 34.0 Å². The Hall–Kier alpha value is -3.27. The lowest BCUT2D eigenvalue weighted by atomic mass is 9.79. The van der Waals surface area contributed by atoms with Crippen molar-refractivity contribution in [3.05, 3.63) is 47.3 Å². The van der Waals surface area contributed by atoms with Gasteiger partial charge in [0.25, 0.3) is 5.91 Å². The summed E-state index contributed by atoms with van der Waals surface area (Å²) < 4.78 is 17.6. The van der Waals surface area contributed by atoms with E-state index < -0.39 is 30.4 Å². The number of aromatic nitrogens is 4. The van der Waals surface area contributed by atoms with Gasteiger partial charge in [-0.3, -0.25) is 14.3 Å². The molecule has 2 unspecified atom stereocenters. The second-order valence-electron chi connectivity index (χ2n) is 10.7. The van der Waals surface area contributed by atoms with E-state index in [4.69, 9.17) is 4.98 Å². The second-order valence-corrected chi connectivity index (χ2v) is 10.7. The summed E-state index contributed by atoms with van der Waals surface area (Å²) >= 11 is 0. The number of aliphatic hydroxyl groups is 1. The number of halogens is 1. The Bertz CT molecular complexity index is 1290. The number of aliphatic hydroxyl groups excluding tert-OH is 1. The monoisotopic (exact) mass is 524 g/mol. The summed E-state index contributed by atoms with van der Waals surface area (Å²) in [5.74, 6) is 0.275. The van der Waals surface area contributed by atoms with Crippen LogP contribution >= 0.6 is 0 Å². The van der Waals surface area contributed by atoms with Crippen LogP contribution < -0.4 is 5.32 Å². The number of hydrogen-bond acceptors (Lipinski definition) is 5. The molecule has 1 aliphatic heterocycles. The fraction of sp³-hybridized carbons (Fsp3) is 0.571. The van der Waals surface area contributed by atoms with E-state index in [1.165, 1.54) is 0 Å². The van der Waals surface area contributed by atoms with Gasteiger partial charge in [-0.25, -0.2) is 9.37 Å². The van der Waals surface area contributed by atoms with Crippen LogP contribution in [-0.2, 0) is 11.3 Å². The molecule has 1 aromatic carbocycles. The SMILES string of the molecule is CCn1nccc1C(=O)NC(c1nc2c(F)c(C3CCCCN3C(=O)CO)ccc2[nH]1)C1CCC(C)CC1. The topological polar surface area (TPSA) is 116 Å². The Morgan fingerprint density at radius 3 is 2.71 bits per heavy atom. The normalized spacial score (nSPS) is 22.9. The number of H-pyrrole nitrogens is 1. The van der Waals surface area contributed by atoms with Crippen molar-refractivity contribution in [2.24, 2.45) is 11.8 Å². The van der Waals surface area contributed by atoms with Crippen molar-refractivity contribution >= 4 is 22.8 Å². The van der Waals surface area contributed by atoms with Gasteiger partial charge in [0.1, 0.15) is 23.6 Å². The standard InChI is InChI=1S/C28H37FN6O3/c1-3-35-22(13-14-30-35)28(38)33-25(18-9-7-17(2)8-10-18)27-31-20-12-11-19(24(29)26(20)32-27)21-6-4-5-15-34(21)23(37)16-36/h11-14,17-18,21,25,36H,3-10,15-16H2,1-2H3,(H,31,32)(H,33,38). The van der Waals surface area contributed by atoms with Gasteiger partial charge >= 0.3 is 0 Å². The number of piperidine rings is 1. The quantitative estimate of drug-likeness (QED) is 0.427. The van der Waals surface area contributed by atoms with Crippen LogP contribution in [0.4, 0.5) is 4.39 Å². The van der Waals surface area contributed by atoms with E-state index in [2.05, 4.69) is 22.3 Å². The van der Waals surface area contributed by atoms with E-state index in [9.17, 15) is 14.7 Å². The van der Waals surface area contributed by atoms with Gasteiger partial charge in [0.15, 0.2) is 5.82 Å². The van der Waals surface area contributed by atoms with Crippen LogP contribution in [0.5, 0.6) is 0 Å². The fourth-order valence-corrected chi connectivity index (χ4v) is 6.15. The van der Waals surface area contributed by atoms with Crippen molar-refractivity contribution in [3.63, 3.8) is 0 Å². The highest BCUT2D eigenvalue weighted by Gasteiger charge is 2.34. The Balaban J connectivity index is 1.49. The molecular weight excluding hydrogens is 487 g/mol. The van der Waals surface area contributed by atoms with Crippen molar-refractivity contribution < 1.29 is 19.1 Å². The molecule has 2 fully saturated rings. The summed E-state index contributed by atoms with van der Waals surface area (Å²) in [5, 5.41) is 16.8. The van der Waals surface area contributed by atoms with Gasteiger partial charge in [0.05, 0.1) is 17.6 Å². The molecule has 1 saturated heterocycles. The number of aryl methyl sites for hydroxylation is 1. The summed E-state index contributed by atoms with van der Waals surface area (Å²) in [4.78, 5) is 35.2. The van der Waals surface area contributed by atoms with E-state index in [-0.39, 0.29) is 17.3 Å². The number of nitrogens with zero attached hydrogens (tertiary/aromatic N) is 4. The van der Waals surface area contributed by atoms with Crippen molar-refractivity contribution in [1.82, 2.24) is 30.0 Å². The molecular formula is C28H37FN6O3. The van der Waals surface area contributed by atoms with E-state index in [0.717, 1.165) is 38.5 Å². The summed E-state index contributed by atoms with van der Waals surface area (Å²) in [6.45, 7) is 4.67. The van der Waals surface area contributed by atoms with Crippen LogP contribution in [0.3, 0.4) is 0 Å². The molecule has 2 atom stereocenters. The van der Waals surface area contributed by atoms with Crippen LogP contribution in [0.1, 0.15) is 92.8 Å². The minimum absolute atomic E-state index is 0.173. The van der Waals surface area contributed by atoms with Crippen molar-refractivity contribution in [1.29, 1.82) is 0 Å². The molecule has 9 nitrogen and oxygen atoms in total. The van der Waals surface area contributed by atoms with Crippen LogP contribution in [0.25, 0.3) is 11.0 Å². The number of rotatable bonds is 7. The molecule has 0 bridgehead atoms. The number of amides is 2. The number of imidazole rings is 1. The third-order valence-corrected chi connectivity index (χ3v) is 8.32. The van der Waals surface area contributed by atoms with Crippen LogP contribution in [-0.4, -0.2) is 54.7 Å². The second kappa shape index (κ2) is 11.2. The Labute approximate surface area is 221 Å². The van der Waals surface area contributed by atoms with Crippen LogP contribution in [0.15, 0.2) is 24.4 Å². The maximum atomic E-state index is 16.0. The van der Waals surface area contributed by atoms with Crippen LogP contribution in [0, 0.1) is 17.7 Å². The first-order chi connectivity index (χ1) is 18.4. The summed E-state index contributed by atoms with van der Waals surface area (Å²) in [7, 11) is 0. The molecule has 0 spiro atoms. The molecule has 1 saturated carbocycles. The molecule has 2 aromatic heterocycles. The molecule has 1 aliphatic carbocycles. The Morgan fingerprint density at radius 2 is 1.97 bits per heavy atom. The first kappa shape index (κ1) is 26.3. The molecule has 3 N–H and O–H groups in total. The predicted molar refractivity (Wildman–Crippen MR) is 141 cm³/mol. The van der Waals surface area contributed by atoms with Gasteiger partial charge in [-0.05, 0) is 63.0 Å². The highest BCUT2D eigenvalue weighted by Crippen LogP contribution is 2.38. The lowest BCUT2D eigenvalue weighted by Crippen LogP contribution is -2.40. The summed E-state index contributed by atoms with van der Waals surface area (Å²) in [6, 6.07) is 4.38. The zero-order valence-corrected chi connectivity index (χ0v) is 22.1. The Morgan fingerprint density at radius 1 is 1.18 bits per heavy atom. The van der Waals surface area contributed by atoms with E-state index in [0.29, 0.717) is 48.0 Å². The third-order valence-electron chi connectivity index (χ3n) is 8.32. The minimum atomic E-state index is -0.592. The molecule has 3 heterocycles. The van der Waals surface area contributed by atoms with Crippen molar-refractivity contribution in [2.45, 2.75) is 77.4 Å². The number of benzene rings is 1. The highest BCUT2D eigenvalue weighted by atomic mass is 19.1. The number of carbonyl (C=O) groups is 2. The van der Waals surface area contributed by atoms with Gasteiger partial charge in [-0.15, -0.1) is 0 Å². The molecule has 2 aliphatic rings. The number of hydrogen-bond donors (Lipinski definition) is 3. The van der Waals surface area contributed by atoms with Gasteiger partial charge in [-0.2, -0.15) is 5.10 Å². The molecule has 204 valence electrons. The highest BCUT2D eigenvalue weighted by molar-refractivity contribution is 5.92. The first-order valence-corrected chi connectivity index (χ1v) is 13.8. The lowest BCUT2D eigenvalue weighted by molar-refractivity contribution is -0.138. The van der Waals surface area contributed by atoms with Crippen molar-refractivity contribution in [3.8, 4) is 0 Å². The number of fused-ring (bicyclic) bond motifs is 1.